The molecule has 1 unspecified atom stereocenters. The lowest BCUT2D eigenvalue weighted by molar-refractivity contribution is 0.0932. The number of halogens is 2. The number of amides is 1. The molecule has 0 saturated heterocycles. The standard InChI is InChI=1S/C21H16F2N4O2/c1-27-11-10-24-20(27)19(14-4-8-16(23)9-5-14)25-21(28)17-12-18(29-26-17)13-2-6-15(22)7-3-13/h2-12,19H,1H3,(H,25,28). The Morgan fingerprint density at radius 3 is 2.34 bits per heavy atom. The first-order chi connectivity index (χ1) is 14.0. The molecule has 4 rings (SSSR count). The van der Waals surface area contributed by atoms with E-state index in [2.05, 4.69) is 15.5 Å². The van der Waals surface area contributed by atoms with Crippen molar-refractivity contribution in [3.8, 4) is 11.3 Å². The van der Waals surface area contributed by atoms with Crippen LogP contribution in [0.1, 0.15) is 27.9 Å². The summed E-state index contributed by atoms with van der Waals surface area (Å²) in [7, 11) is 1.80. The second-order valence-corrected chi connectivity index (χ2v) is 6.44. The van der Waals surface area contributed by atoms with Crippen molar-refractivity contribution in [2.45, 2.75) is 6.04 Å². The van der Waals surface area contributed by atoms with Crippen molar-refractivity contribution in [2.24, 2.45) is 7.05 Å². The van der Waals surface area contributed by atoms with Crippen LogP contribution in [0.3, 0.4) is 0 Å². The lowest BCUT2D eigenvalue weighted by atomic mass is 10.1. The van der Waals surface area contributed by atoms with Gasteiger partial charge in [0.1, 0.15) is 23.5 Å². The Kier molecular flexibility index (Phi) is 4.90. The summed E-state index contributed by atoms with van der Waals surface area (Å²) in [6.07, 6.45) is 3.36. The van der Waals surface area contributed by atoms with E-state index in [0.717, 1.165) is 0 Å². The molecule has 2 aromatic carbocycles. The van der Waals surface area contributed by atoms with Gasteiger partial charge in [-0.15, -0.1) is 0 Å². The van der Waals surface area contributed by atoms with E-state index in [0.29, 0.717) is 22.7 Å². The van der Waals surface area contributed by atoms with Crippen LogP contribution in [-0.2, 0) is 7.05 Å². The van der Waals surface area contributed by atoms with E-state index in [4.69, 9.17) is 4.52 Å². The number of hydrogen-bond acceptors (Lipinski definition) is 4. The number of nitrogens with one attached hydrogen (secondary N) is 1. The lowest BCUT2D eigenvalue weighted by Crippen LogP contribution is -2.31. The molecule has 1 amide bonds. The molecule has 2 aromatic heterocycles. The van der Waals surface area contributed by atoms with Crippen molar-refractivity contribution in [1.29, 1.82) is 0 Å². The normalized spacial score (nSPS) is 12.0. The SMILES string of the molecule is Cn1ccnc1C(NC(=O)c1cc(-c2ccc(F)cc2)on1)c1ccc(F)cc1. The molecule has 4 aromatic rings. The molecule has 2 heterocycles. The molecule has 0 spiro atoms. The Labute approximate surface area is 164 Å². The fourth-order valence-corrected chi connectivity index (χ4v) is 2.94. The van der Waals surface area contributed by atoms with Gasteiger partial charge in [0.15, 0.2) is 11.5 Å². The van der Waals surface area contributed by atoms with Crippen molar-refractivity contribution in [3.63, 3.8) is 0 Å². The van der Waals surface area contributed by atoms with Gasteiger partial charge in [0.2, 0.25) is 0 Å². The number of carbonyl (C=O) groups is 1. The smallest absolute Gasteiger partial charge is 0.274 e. The van der Waals surface area contributed by atoms with Gasteiger partial charge in [-0.1, -0.05) is 17.3 Å². The molecular formula is C21H16F2N4O2. The number of hydrogen-bond donors (Lipinski definition) is 1. The van der Waals surface area contributed by atoms with Gasteiger partial charge in [0.25, 0.3) is 5.91 Å². The van der Waals surface area contributed by atoms with Crippen LogP contribution in [-0.4, -0.2) is 20.6 Å². The largest absolute Gasteiger partial charge is 0.355 e. The number of nitrogens with zero attached hydrogens (tertiary/aromatic N) is 3. The molecule has 0 bridgehead atoms. The van der Waals surface area contributed by atoms with Crippen LogP contribution in [0.4, 0.5) is 8.78 Å². The fourth-order valence-electron chi connectivity index (χ4n) is 2.94. The summed E-state index contributed by atoms with van der Waals surface area (Å²) in [6.45, 7) is 0. The van der Waals surface area contributed by atoms with E-state index in [1.165, 1.54) is 42.5 Å². The second kappa shape index (κ2) is 7.67. The minimum atomic E-state index is -0.617. The zero-order chi connectivity index (χ0) is 20.4. The van der Waals surface area contributed by atoms with Gasteiger partial charge < -0.3 is 14.4 Å². The molecular weight excluding hydrogens is 378 g/mol. The predicted molar refractivity (Wildman–Crippen MR) is 101 cm³/mol. The van der Waals surface area contributed by atoms with Crippen molar-refractivity contribution in [1.82, 2.24) is 20.0 Å². The molecule has 146 valence electrons. The van der Waals surface area contributed by atoms with Gasteiger partial charge in [0, 0.05) is 31.1 Å². The highest BCUT2D eigenvalue weighted by Gasteiger charge is 2.23. The molecule has 0 fully saturated rings. The Balaban J connectivity index is 1.61. The topological polar surface area (TPSA) is 73.0 Å². The van der Waals surface area contributed by atoms with E-state index in [1.54, 1.807) is 36.1 Å². The van der Waals surface area contributed by atoms with Gasteiger partial charge in [-0.05, 0) is 42.0 Å². The average molecular weight is 394 g/mol. The molecule has 6 nitrogen and oxygen atoms in total. The second-order valence-electron chi connectivity index (χ2n) is 6.44. The number of benzene rings is 2. The maximum absolute atomic E-state index is 13.3. The number of aryl methyl sites for hydroxylation is 1. The summed E-state index contributed by atoms with van der Waals surface area (Å²) >= 11 is 0. The van der Waals surface area contributed by atoms with Gasteiger partial charge in [-0.25, -0.2) is 13.8 Å². The Bertz CT molecular complexity index is 1130. The van der Waals surface area contributed by atoms with Crippen LogP contribution in [0.15, 0.2) is 71.5 Å². The van der Waals surface area contributed by atoms with Crippen LogP contribution in [0, 0.1) is 11.6 Å². The third kappa shape index (κ3) is 3.91. The van der Waals surface area contributed by atoms with Gasteiger partial charge in [0.05, 0.1) is 0 Å². The Hall–Kier alpha value is -3.81. The molecule has 1 atom stereocenters. The Morgan fingerprint density at radius 2 is 1.72 bits per heavy atom. The molecule has 0 aliphatic heterocycles. The summed E-state index contributed by atoms with van der Waals surface area (Å²) in [5, 5.41) is 6.67. The third-order valence-corrected chi connectivity index (χ3v) is 4.47. The van der Waals surface area contributed by atoms with E-state index in [9.17, 15) is 13.6 Å². The van der Waals surface area contributed by atoms with E-state index in [1.807, 2.05) is 0 Å². The van der Waals surface area contributed by atoms with E-state index >= 15 is 0 Å². The maximum atomic E-state index is 13.3. The summed E-state index contributed by atoms with van der Waals surface area (Å²) < 4.78 is 33.4. The first-order valence-electron chi connectivity index (χ1n) is 8.77. The van der Waals surface area contributed by atoms with E-state index in [-0.39, 0.29) is 17.3 Å². The third-order valence-electron chi connectivity index (χ3n) is 4.47. The minimum Gasteiger partial charge on any atom is -0.355 e. The molecule has 0 aliphatic carbocycles. The monoisotopic (exact) mass is 394 g/mol. The highest BCUT2D eigenvalue weighted by Crippen LogP contribution is 2.23. The lowest BCUT2D eigenvalue weighted by Gasteiger charge is -2.18. The van der Waals surface area contributed by atoms with Crippen LogP contribution in [0.5, 0.6) is 0 Å². The molecule has 29 heavy (non-hydrogen) atoms. The van der Waals surface area contributed by atoms with Gasteiger partial charge >= 0.3 is 0 Å². The number of rotatable bonds is 5. The molecule has 0 aliphatic rings. The molecule has 0 saturated carbocycles. The van der Waals surface area contributed by atoms with Crippen molar-refractivity contribution in [3.05, 3.63) is 95.7 Å². The number of aromatic nitrogens is 3. The van der Waals surface area contributed by atoms with Crippen LogP contribution < -0.4 is 5.32 Å². The molecule has 1 N–H and O–H groups in total. The van der Waals surface area contributed by atoms with Gasteiger partial charge in [-0.2, -0.15) is 0 Å². The number of carbonyl (C=O) groups excluding carboxylic acids is 1. The van der Waals surface area contributed by atoms with E-state index < -0.39 is 11.9 Å². The average Bonchev–Trinajstić information content (AvgIpc) is 3.37. The highest BCUT2D eigenvalue weighted by atomic mass is 19.1. The number of imidazole rings is 1. The summed E-state index contributed by atoms with van der Waals surface area (Å²) in [6, 6.07) is 12.3. The van der Waals surface area contributed by atoms with Crippen molar-refractivity contribution < 1.29 is 18.1 Å². The quantitative estimate of drug-likeness (QED) is 0.558. The summed E-state index contributed by atoms with van der Waals surface area (Å²) in [5.41, 5.74) is 1.32. The first kappa shape index (κ1) is 18.5. The van der Waals surface area contributed by atoms with Gasteiger partial charge in [-0.3, -0.25) is 4.79 Å². The van der Waals surface area contributed by atoms with Crippen LogP contribution in [0.25, 0.3) is 11.3 Å². The first-order valence-corrected chi connectivity index (χ1v) is 8.77. The zero-order valence-corrected chi connectivity index (χ0v) is 15.3. The van der Waals surface area contributed by atoms with Crippen molar-refractivity contribution in [2.75, 3.05) is 0 Å². The minimum absolute atomic E-state index is 0.0608. The fraction of sp³-hybridized carbons (Fsp3) is 0.0952. The molecule has 8 heteroatoms. The highest BCUT2D eigenvalue weighted by molar-refractivity contribution is 5.93. The molecule has 0 radical (unpaired) electrons. The maximum Gasteiger partial charge on any atom is 0.274 e. The predicted octanol–water partition coefficient (Wildman–Crippen LogP) is 3.87. The van der Waals surface area contributed by atoms with Crippen LogP contribution >= 0.6 is 0 Å². The zero-order valence-electron chi connectivity index (χ0n) is 15.3. The van der Waals surface area contributed by atoms with Crippen LogP contribution in [0.2, 0.25) is 0 Å². The van der Waals surface area contributed by atoms with Crippen molar-refractivity contribution >= 4 is 5.91 Å². The Morgan fingerprint density at radius 1 is 1.07 bits per heavy atom. The summed E-state index contributed by atoms with van der Waals surface area (Å²) in [5.74, 6) is -0.320. The summed E-state index contributed by atoms with van der Waals surface area (Å²) in [4.78, 5) is 17.1.